The Balaban J connectivity index is 1.99. The molecule has 2 N–H and O–H groups in total. The number of aromatic nitrogens is 1. The van der Waals surface area contributed by atoms with Gasteiger partial charge in [-0.2, -0.15) is 0 Å². The summed E-state index contributed by atoms with van der Waals surface area (Å²) in [5.41, 5.74) is 0.874. The Morgan fingerprint density at radius 1 is 1.43 bits per heavy atom. The second kappa shape index (κ2) is 8.14. The van der Waals surface area contributed by atoms with E-state index in [4.69, 9.17) is 9.84 Å². The maximum Gasteiger partial charge on any atom is 0.506 e. The van der Waals surface area contributed by atoms with Gasteiger partial charge in [-0.25, -0.2) is 14.8 Å². The number of hydrogen-bond donors (Lipinski definition) is 2. The van der Waals surface area contributed by atoms with Crippen LogP contribution in [0, 0.1) is 0 Å². The number of rotatable bonds is 7. The van der Waals surface area contributed by atoms with Crippen LogP contribution in [0.1, 0.15) is 13.3 Å². The van der Waals surface area contributed by atoms with Crippen molar-refractivity contribution in [2.45, 2.75) is 23.8 Å². The van der Waals surface area contributed by atoms with E-state index in [0.29, 0.717) is 5.06 Å². The number of hydroxylamine groups is 2. The van der Waals surface area contributed by atoms with Crippen molar-refractivity contribution in [3.8, 4) is 0 Å². The molecule has 0 radical (unpaired) electrons. The molecule has 1 atom stereocenters. The summed E-state index contributed by atoms with van der Waals surface area (Å²) in [5.74, 6) is -0.335. The molecular formula is C14H16N2O5S2. The minimum absolute atomic E-state index is 0.129. The van der Waals surface area contributed by atoms with Crippen LogP contribution in [0.3, 0.4) is 0 Å². The normalized spacial score (nSPS) is 12.1. The monoisotopic (exact) mass is 356 g/mol. The lowest BCUT2D eigenvalue weighted by Gasteiger charge is -2.17. The lowest BCUT2D eigenvalue weighted by molar-refractivity contribution is -0.166. The summed E-state index contributed by atoms with van der Waals surface area (Å²) in [7, 11) is 0. The molecule has 0 aliphatic carbocycles. The van der Waals surface area contributed by atoms with Crippen molar-refractivity contribution in [1.82, 2.24) is 10.0 Å². The fourth-order valence-electron chi connectivity index (χ4n) is 1.83. The highest BCUT2D eigenvalue weighted by Gasteiger charge is 2.22. The summed E-state index contributed by atoms with van der Waals surface area (Å²) in [5, 5.41) is 18.7. The van der Waals surface area contributed by atoms with Crippen LogP contribution < -0.4 is 0 Å². The number of thioether (sulfide) groups is 1. The Bertz CT molecular complexity index is 658. The minimum atomic E-state index is -1.45. The van der Waals surface area contributed by atoms with E-state index >= 15 is 0 Å². The van der Waals surface area contributed by atoms with Gasteiger partial charge in [0.1, 0.15) is 6.10 Å². The van der Waals surface area contributed by atoms with Gasteiger partial charge in [0.2, 0.25) is 5.91 Å². The van der Waals surface area contributed by atoms with Gasteiger partial charge in [0.25, 0.3) is 0 Å². The predicted octanol–water partition coefficient (Wildman–Crippen LogP) is 3.08. The molecule has 0 bridgehead atoms. The molecule has 124 valence electrons. The fraction of sp³-hybridized carbons (Fsp3) is 0.357. The molecule has 2 aromatic rings. The number of amides is 1. The molecule has 0 saturated carbocycles. The van der Waals surface area contributed by atoms with Crippen LogP contribution in [0.15, 0.2) is 28.6 Å². The number of carbonyl (C=O) groups is 2. The summed E-state index contributed by atoms with van der Waals surface area (Å²) in [4.78, 5) is 26.9. The molecule has 23 heavy (non-hydrogen) atoms. The van der Waals surface area contributed by atoms with Crippen molar-refractivity contribution in [2.75, 3.05) is 12.3 Å². The average molecular weight is 356 g/mol. The Morgan fingerprint density at radius 3 is 2.83 bits per heavy atom. The van der Waals surface area contributed by atoms with Gasteiger partial charge in [-0.1, -0.05) is 23.9 Å². The topological polar surface area (TPSA) is 100.0 Å². The lowest BCUT2D eigenvalue weighted by Crippen LogP contribution is -2.32. The summed E-state index contributed by atoms with van der Waals surface area (Å²) in [6, 6.07) is 7.67. The Kier molecular flexibility index (Phi) is 6.20. The third-order valence-corrected chi connectivity index (χ3v) is 5.24. The first-order valence-electron chi connectivity index (χ1n) is 6.86. The second-order valence-electron chi connectivity index (χ2n) is 4.58. The zero-order valence-corrected chi connectivity index (χ0v) is 14.0. The van der Waals surface area contributed by atoms with E-state index in [9.17, 15) is 14.8 Å². The predicted molar refractivity (Wildman–Crippen MR) is 87.0 cm³/mol. The first kappa shape index (κ1) is 17.5. The molecule has 1 aromatic heterocycles. The maximum atomic E-state index is 11.7. The van der Waals surface area contributed by atoms with Gasteiger partial charge in [-0.15, -0.1) is 11.3 Å². The van der Waals surface area contributed by atoms with E-state index in [2.05, 4.69) is 4.98 Å². The van der Waals surface area contributed by atoms with Gasteiger partial charge in [0, 0.05) is 12.3 Å². The number of nitrogens with zero attached hydrogens (tertiary/aromatic N) is 2. The lowest BCUT2D eigenvalue weighted by atomic mass is 10.2. The number of thiazole rings is 1. The number of carboxylic acid groups (broad SMARTS) is 1. The molecule has 1 heterocycles. The third kappa shape index (κ3) is 5.08. The number of carbonyl (C=O) groups excluding carboxylic acids is 1. The fourth-order valence-corrected chi connectivity index (χ4v) is 3.91. The molecule has 0 aliphatic heterocycles. The van der Waals surface area contributed by atoms with E-state index in [0.717, 1.165) is 14.6 Å². The number of para-hydroxylation sites is 1. The van der Waals surface area contributed by atoms with E-state index in [1.165, 1.54) is 23.1 Å². The molecule has 2 rings (SSSR count). The molecule has 0 fully saturated rings. The van der Waals surface area contributed by atoms with Crippen LogP contribution >= 0.6 is 23.1 Å². The van der Waals surface area contributed by atoms with Crippen LogP contribution in [0.5, 0.6) is 0 Å². The highest BCUT2D eigenvalue weighted by molar-refractivity contribution is 8.01. The minimum Gasteiger partial charge on any atom is -0.450 e. The summed E-state index contributed by atoms with van der Waals surface area (Å²) >= 11 is 2.82. The van der Waals surface area contributed by atoms with Crippen molar-refractivity contribution in [2.24, 2.45) is 0 Å². The zero-order valence-electron chi connectivity index (χ0n) is 12.3. The number of hydrogen-bond acceptors (Lipinski definition) is 7. The molecular weight excluding hydrogens is 340 g/mol. The molecule has 9 heteroatoms. The smallest absolute Gasteiger partial charge is 0.450 e. The highest BCUT2D eigenvalue weighted by Crippen LogP contribution is 2.30. The SMILES string of the molecule is CCN(O)C(=O)CC(CSc1nc2ccccc2s1)OC(=O)O. The highest BCUT2D eigenvalue weighted by atomic mass is 32.2. The van der Waals surface area contributed by atoms with Crippen molar-refractivity contribution in [3.63, 3.8) is 0 Å². The molecule has 0 aliphatic rings. The van der Waals surface area contributed by atoms with Crippen molar-refractivity contribution in [1.29, 1.82) is 0 Å². The van der Waals surface area contributed by atoms with Gasteiger partial charge < -0.3 is 9.84 Å². The maximum absolute atomic E-state index is 11.7. The van der Waals surface area contributed by atoms with Gasteiger partial charge in [0.05, 0.1) is 16.6 Å². The van der Waals surface area contributed by atoms with E-state index in [1.54, 1.807) is 6.92 Å². The van der Waals surface area contributed by atoms with Crippen LogP contribution in [0.25, 0.3) is 10.2 Å². The van der Waals surface area contributed by atoms with Gasteiger partial charge in [-0.3, -0.25) is 10.0 Å². The molecule has 7 nitrogen and oxygen atoms in total. The Morgan fingerprint density at radius 2 is 2.17 bits per heavy atom. The zero-order chi connectivity index (χ0) is 16.8. The van der Waals surface area contributed by atoms with Gasteiger partial charge in [-0.05, 0) is 19.1 Å². The Hall–Kier alpha value is -1.84. The van der Waals surface area contributed by atoms with Crippen LogP contribution in [-0.4, -0.2) is 50.8 Å². The van der Waals surface area contributed by atoms with E-state index in [-0.39, 0.29) is 18.7 Å². The quantitative estimate of drug-likeness (QED) is 0.340. The first-order valence-corrected chi connectivity index (χ1v) is 8.67. The van der Waals surface area contributed by atoms with Crippen LogP contribution in [-0.2, 0) is 9.53 Å². The number of fused-ring (bicyclic) bond motifs is 1. The van der Waals surface area contributed by atoms with Crippen molar-refractivity contribution in [3.05, 3.63) is 24.3 Å². The number of ether oxygens (including phenoxy) is 1. The first-order chi connectivity index (χ1) is 11.0. The third-order valence-electron chi connectivity index (χ3n) is 2.92. The van der Waals surface area contributed by atoms with Crippen LogP contribution in [0.2, 0.25) is 0 Å². The second-order valence-corrected chi connectivity index (χ2v) is 6.88. The molecule has 0 saturated heterocycles. The summed E-state index contributed by atoms with van der Waals surface area (Å²) in [6.07, 6.45) is -2.51. The summed E-state index contributed by atoms with van der Waals surface area (Å²) in [6.45, 7) is 1.74. The van der Waals surface area contributed by atoms with Crippen LogP contribution in [0.4, 0.5) is 4.79 Å². The Labute approximate surface area is 140 Å². The van der Waals surface area contributed by atoms with Gasteiger partial charge >= 0.3 is 6.16 Å². The van der Waals surface area contributed by atoms with E-state index < -0.39 is 18.2 Å². The largest absolute Gasteiger partial charge is 0.506 e. The van der Waals surface area contributed by atoms with Gasteiger partial charge in [0.15, 0.2) is 4.34 Å². The summed E-state index contributed by atoms with van der Waals surface area (Å²) < 4.78 is 6.53. The standard InChI is InChI=1S/C14H16N2O5S2/c1-2-16(20)12(17)7-9(21-14(18)19)8-22-13-15-10-5-3-4-6-11(10)23-13/h3-6,9,20H,2,7-8H2,1H3,(H,18,19). The number of benzene rings is 1. The molecule has 1 unspecified atom stereocenters. The van der Waals surface area contributed by atoms with Crippen molar-refractivity contribution >= 4 is 45.4 Å². The molecule has 0 spiro atoms. The molecule has 1 aromatic carbocycles. The van der Waals surface area contributed by atoms with Crippen molar-refractivity contribution < 1.29 is 24.6 Å². The average Bonchev–Trinajstić information content (AvgIpc) is 2.94. The molecule has 1 amide bonds. The van der Waals surface area contributed by atoms with E-state index in [1.807, 2.05) is 24.3 Å².